The molecule has 0 saturated heterocycles. The van der Waals surface area contributed by atoms with E-state index in [4.69, 9.17) is 0 Å². The Labute approximate surface area is 148 Å². The summed E-state index contributed by atoms with van der Waals surface area (Å²) in [6.07, 6.45) is 3.94. The van der Waals surface area contributed by atoms with Crippen molar-refractivity contribution in [1.29, 1.82) is 0 Å². The fraction of sp³-hybridized carbons (Fsp3) is 0.300. The third-order valence-electron chi connectivity index (χ3n) is 3.74. The standard InChI is InChI=1S/C20H23N3S/c1-15(2)14-24-19-12-22-23(13-17-7-5-4-6-8-17)20(19)18-10-9-16(3)21-11-18/h4-12,15H,13-14H2,1-3H3. The van der Waals surface area contributed by atoms with Crippen molar-refractivity contribution in [3.8, 4) is 11.3 Å². The fourth-order valence-electron chi connectivity index (χ4n) is 2.51. The molecule has 2 aromatic heterocycles. The Morgan fingerprint density at radius 2 is 1.83 bits per heavy atom. The van der Waals surface area contributed by atoms with Crippen molar-refractivity contribution in [2.45, 2.75) is 32.2 Å². The first-order valence-corrected chi connectivity index (χ1v) is 9.27. The van der Waals surface area contributed by atoms with Gasteiger partial charge >= 0.3 is 0 Å². The van der Waals surface area contributed by atoms with Gasteiger partial charge in [0.15, 0.2) is 0 Å². The molecule has 0 bridgehead atoms. The van der Waals surface area contributed by atoms with Gasteiger partial charge < -0.3 is 0 Å². The van der Waals surface area contributed by atoms with Crippen molar-refractivity contribution >= 4 is 11.8 Å². The van der Waals surface area contributed by atoms with Crippen LogP contribution in [0.3, 0.4) is 0 Å². The molecule has 3 rings (SSSR count). The van der Waals surface area contributed by atoms with E-state index in [0.29, 0.717) is 5.92 Å². The summed E-state index contributed by atoms with van der Waals surface area (Å²) in [6.45, 7) is 7.27. The van der Waals surface area contributed by atoms with Gasteiger partial charge in [0.05, 0.1) is 23.3 Å². The van der Waals surface area contributed by atoms with Gasteiger partial charge in [0, 0.05) is 23.2 Å². The molecule has 3 nitrogen and oxygen atoms in total. The van der Waals surface area contributed by atoms with Gasteiger partial charge in [0.2, 0.25) is 0 Å². The highest BCUT2D eigenvalue weighted by Gasteiger charge is 2.15. The zero-order valence-corrected chi connectivity index (χ0v) is 15.3. The van der Waals surface area contributed by atoms with Gasteiger partial charge in [-0.25, -0.2) is 0 Å². The summed E-state index contributed by atoms with van der Waals surface area (Å²) in [4.78, 5) is 5.70. The monoisotopic (exact) mass is 337 g/mol. The summed E-state index contributed by atoms with van der Waals surface area (Å²) < 4.78 is 2.09. The Bertz CT molecular complexity index is 776. The zero-order chi connectivity index (χ0) is 16.9. The molecular formula is C20H23N3S. The van der Waals surface area contributed by atoms with Crippen LogP contribution in [0.4, 0.5) is 0 Å². The molecule has 124 valence electrons. The van der Waals surface area contributed by atoms with Crippen molar-refractivity contribution in [1.82, 2.24) is 14.8 Å². The number of hydrogen-bond acceptors (Lipinski definition) is 3. The molecule has 1 aromatic carbocycles. The van der Waals surface area contributed by atoms with E-state index in [1.54, 1.807) is 0 Å². The summed E-state index contributed by atoms with van der Waals surface area (Å²) in [5, 5.41) is 4.66. The summed E-state index contributed by atoms with van der Waals surface area (Å²) in [6, 6.07) is 14.7. The second-order valence-corrected chi connectivity index (χ2v) is 7.46. The minimum absolute atomic E-state index is 0.650. The van der Waals surface area contributed by atoms with Crippen molar-refractivity contribution in [2.75, 3.05) is 5.75 Å². The smallest absolute Gasteiger partial charge is 0.0837 e. The lowest BCUT2D eigenvalue weighted by molar-refractivity contribution is 0.693. The minimum Gasteiger partial charge on any atom is -0.261 e. The van der Waals surface area contributed by atoms with Crippen LogP contribution in [0.25, 0.3) is 11.3 Å². The lowest BCUT2D eigenvalue weighted by Gasteiger charge is -2.11. The highest BCUT2D eigenvalue weighted by molar-refractivity contribution is 7.99. The predicted octanol–water partition coefficient (Wildman–Crippen LogP) is 5.05. The number of pyridine rings is 1. The van der Waals surface area contributed by atoms with E-state index in [0.717, 1.165) is 29.2 Å². The van der Waals surface area contributed by atoms with E-state index in [1.165, 1.54) is 10.5 Å². The summed E-state index contributed by atoms with van der Waals surface area (Å²) in [5.41, 5.74) is 4.57. The number of nitrogens with zero attached hydrogens (tertiary/aromatic N) is 3. The van der Waals surface area contributed by atoms with Gasteiger partial charge in [-0.05, 0) is 30.5 Å². The first kappa shape index (κ1) is 16.8. The molecule has 0 N–H and O–H groups in total. The van der Waals surface area contributed by atoms with Gasteiger partial charge in [0.1, 0.15) is 0 Å². The van der Waals surface area contributed by atoms with E-state index in [1.807, 2.05) is 37.1 Å². The maximum Gasteiger partial charge on any atom is 0.0837 e. The molecule has 0 radical (unpaired) electrons. The third kappa shape index (κ3) is 4.06. The molecule has 3 aromatic rings. The molecule has 0 amide bonds. The lowest BCUT2D eigenvalue weighted by atomic mass is 10.2. The van der Waals surface area contributed by atoms with Crippen LogP contribution in [-0.4, -0.2) is 20.5 Å². The Hall–Kier alpha value is -2.07. The van der Waals surface area contributed by atoms with Gasteiger partial charge in [-0.15, -0.1) is 11.8 Å². The molecule has 0 atom stereocenters. The Kier molecular flexibility index (Phi) is 5.36. The van der Waals surface area contributed by atoms with Gasteiger partial charge in [-0.3, -0.25) is 9.67 Å². The predicted molar refractivity (Wildman–Crippen MR) is 101 cm³/mol. The van der Waals surface area contributed by atoms with Crippen LogP contribution in [0, 0.1) is 12.8 Å². The van der Waals surface area contributed by atoms with Crippen LogP contribution < -0.4 is 0 Å². The highest BCUT2D eigenvalue weighted by atomic mass is 32.2. The lowest BCUT2D eigenvalue weighted by Crippen LogP contribution is -2.04. The molecular weight excluding hydrogens is 314 g/mol. The molecule has 0 unspecified atom stereocenters. The minimum atomic E-state index is 0.650. The number of aromatic nitrogens is 3. The van der Waals surface area contributed by atoms with E-state index < -0.39 is 0 Å². The van der Waals surface area contributed by atoms with Crippen molar-refractivity contribution < 1.29 is 0 Å². The van der Waals surface area contributed by atoms with Crippen LogP contribution >= 0.6 is 11.8 Å². The Morgan fingerprint density at radius 3 is 2.50 bits per heavy atom. The van der Waals surface area contributed by atoms with Crippen molar-refractivity contribution in [2.24, 2.45) is 5.92 Å². The van der Waals surface area contributed by atoms with Gasteiger partial charge in [-0.1, -0.05) is 44.2 Å². The van der Waals surface area contributed by atoms with E-state index >= 15 is 0 Å². The maximum absolute atomic E-state index is 4.66. The molecule has 2 heterocycles. The zero-order valence-electron chi connectivity index (χ0n) is 14.4. The van der Waals surface area contributed by atoms with Gasteiger partial charge in [-0.2, -0.15) is 5.10 Å². The van der Waals surface area contributed by atoms with Crippen LogP contribution in [-0.2, 0) is 6.54 Å². The average Bonchev–Trinajstić information content (AvgIpc) is 2.97. The second-order valence-electron chi connectivity index (χ2n) is 6.39. The van der Waals surface area contributed by atoms with Crippen molar-refractivity contribution in [3.63, 3.8) is 0 Å². The molecule has 0 saturated carbocycles. The first-order chi connectivity index (χ1) is 11.6. The number of hydrogen-bond donors (Lipinski definition) is 0. The van der Waals surface area contributed by atoms with Crippen LogP contribution in [0.2, 0.25) is 0 Å². The Morgan fingerprint density at radius 1 is 1.04 bits per heavy atom. The molecule has 0 aliphatic rings. The normalized spacial score (nSPS) is 11.2. The van der Waals surface area contributed by atoms with E-state index in [2.05, 4.69) is 65.0 Å². The number of thioether (sulfide) groups is 1. The van der Waals surface area contributed by atoms with Crippen LogP contribution in [0.1, 0.15) is 25.1 Å². The van der Waals surface area contributed by atoms with Crippen molar-refractivity contribution in [3.05, 3.63) is 66.1 Å². The number of aryl methyl sites for hydroxylation is 1. The topological polar surface area (TPSA) is 30.7 Å². The molecule has 0 aliphatic heterocycles. The molecule has 24 heavy (non-hydrogen) atoms. The summed E-state index contributed by atoms with van der Waals surface area (Å²) in [5.74, 6) is 1.74. The third-order valence-corrected chi connectivity index (χ3v) is 5.18. The van der Waals surface area contributed by atoms with Gasteiger partial charge in [0.25, 0.3) is 0 Å². The number of benzene rings is 1. The van der Waals surface area contributed by atoms with Crippen LogP contribution in [0.5, 0.6) is 0 Å². The summed E-state index contributed by atoms with van der Waals surface area (Å²) in [7, 11) is 0. The SMILES string of the molecule is Cc1ccc(-c2c(SCC(C)C)cnn2Cc2ccccc2)cn1. The highest BCUT2D eigenvalue weighted by Crippen LogP contribution is 2.32. The average molecular weight is 337 g/mol. The molecule has 0 spiro atoms. The molecule has 4 heteroatoms. The largest absolute Gasteiger partial charge is 0.261 e. The summed E-state index contributed by atoms with van der Waals surface area (Å²) >= 11 is 1.87. The first-order valence-electron chi connectivity index (χ1n) is 8.29. The quantitative estimate of drug-likeness (QED) is 0.590. The number of rotatable bonds is 6. The maximum atomic E-state index is 4.66. The van der Waals surface area contributed by atoms with Crippen LogP contribution in [0.15, 0.2) is 59.8 Å². The van der Waals surface area contributed by atoms with E-state index in [9.17, 15) is 0 Å². The van der Waals surface area contributed by atoms with E-state index in [-0.39, 0.29) is 0 Å². The fourth-order valence-corrected chi connectivity index (χ4v) is 3.50. The molecule has 0 aliphatic carbocycles. The second kappa shape index (κ2) is 7.67. The Balaban J connectivity index is 1.97. The molecule has 0 fully saturated rings.